The number of hydrogen-bond donors (Lipinski definition) is 0. The van der Waals surface area contributed by atoms with Gasteiger partial charge in [-0.3, -0.25) is 0 Å². The molecule has 1 saturated carbocycles. The molecule has 4 rings (SSSR count). The number of aryl methyl sites for hydroxylation is 1. The Labute approximate surface area is 183 Å². The molecular weight excluding hydrogens is 380 g/mol. The smallest absolute Gasteiger partial charge is 0.261 e. The Bertz CT molecular complexity index is 885. The highest BCUT2D eigenvalue weighted by Crippen LogP contribution is 2.51. The van der Waals surface area contributed by atoms with Gasteiger partial charge >= 0.3 is 0 Å². The molecule has 1 aliphatic carbocycles. The largest absolute Gasteiger partial charge is 0.407 e. The number of hydrogen-bond acceptors (Lipinski definition) is 1. The van der Waals surface area contributed by atoms with Crippen LogP contribution in [0.15, 0.2) is 91.0 Å². The molecule has 0 heterocycles. The lowest BCUT2D eigenvalue weighted by atomic mass is 9.98. The second kappa shape index (κ2) is 8.53. The van der Waals surface area contributed by atoms with Crippen LogP contribution in [0.25, 0.3) is 0 Å². The molecule has 0 atom stereocenters. The van der Waals surface area contributed by atoms with E-state index in [4.69, 9.17) is 4.43 Å². The van der Waals surface area contributed by atoms with Crippen molar-refractivity contribution in [3.8, 4) is 0 Å². The molecule has 1 fully saturated rings. The van der Waals surface area contributed by atoms with E-state index in [0.717, 1.165) is 13.0 Å². The van der Waals surface area contributed by atoms with Crippen LogP contribution < -0.4 is 10.4 Å². The summed E-state index contributed by atoms with van der Waals surface area (Å²) in [6, 6.07) is 32.9. The first-order chi connectivity index (χ1) is 14.5. The standard InChI is InChI=1S/C28H34OSi/c1-27(2,3)30(25-15-9-5-10-16-25,26-17-11-6-12-18-26)29-23-28(21-22-28)20-19-24-13-7-4-8-14-24/h4-18H,19-23H2,1-3H3. The van der Waals surface area contributed by atoms with Crippen LogP contribution >= 0.6 is 0 Å². The maximum atomic E-state index is 7.22. The molecule has 0 unspecified atom stereocenters. The van der Waals surface area contributed by atoms with Crippen molar-refractivity contribution in [3.63, 3.8) is 0 Å². The van der Waals surface area contributed by atoms with E-state index in [1.54, 1.807) is 0 Å². The molecule has 1 nitrogen and oxygen atoms in total. The highest BCUT2D eigenvalue weighted by molar-refractivity contribution is 6.99. The average molecular weight is 415 g/mol. The van der Waals surface area contributed by atoms with E-state index in [1.807, 2.05) is 0 Å². The first-order valence-electron chi connectivity index (χ1n) is 11.2. The maximum Gasteiger partial charge on any atom is 0.261 e. The third-order valence-electron chi connectivity index (χ3n) is 6.76. The van der Waals surface area contributed by atoms with Crippen molar-refractivity contribution in [3.05, 3.63) is 96.6 Å². The van der Waals surface area contributed by atoms with Crippen LogP contribution in [0.4, 0.5) is 0 Å². The summed E-state index contributed by atoms with van der Waals surface area (Å²) in [5, 5.41) is 2.80. The normalized spacial score (nSPS) is 15.7. The molecule has 0 N–H and O–H groups in total. The predicted octanol–water partition coefficient (Wildman–Crippen LogP) is 5.98. The zero-order chi connectivity index (χ0) is 21.1. The minimum absolute atomic E-state index is 0.0468. The van der Waals surface area contributed by atoms with E-state index in [-0.39, 0.29) is 5.04 Å². The van der Waals surface area contributed by atoms with Gasteiger partial charge in [-0.25, -0.2) is 0 Å². The second-order valence-electron chi connectivity index (χ2n) is 9.94. The Morgan fingerprint density at radius 3 is 1.63 bits per heavy atom. The Morgan fingerprint density at radius 2 is 1.20 bits per heavy atom. The molecule has 30 heavy (non-hydrogen) atoms. The summed E-state index contributed by atoms with van der Waals surface area (Å²) in [6.45, 7) is 7.96. The highest BCUT2D eigenvalue weighted by atomic mass is 28.4. The molecule has 0 radical (unpaired) electrons. The van der Waals surface area contributed by atoms with E-state index in [2.05, 4.69) is 112 Å². The Kier molecular flexibility index (Phi) is 5.99. The lowest BCUT2D eigenvalue weighted by Crippen LogP contribution is -2.67. The molecular formula is C28H34OSi. The Balaban J connectivity index is 1.62. The highest BCUT2D eigenvalue weighted by Gasteiger charge is 2.53. The Hall–Kier alpha value is -2.16. The summed E-state index contributed by atoms with van der Waals surface area (Å²) in [7, 11) is -2.43. The van der Waals surface area contributed by atoms with Gasteiger partial charge in [0.15, 0.2) is 0 Å². The molecule has 0 aliphatic heterocycles. The summed E-state index contributed by atoms with van der Waals surface area (Å²) in [6.07, 6.45) is 4.94. The fourth-order valence-corrected chi connectivity index (χ4v) is 9.40. The van der Waals surface area contributed by atoms with Gasteiger partial charge in [0.05, 0.1) is 0 Å². The van der Waals surface area contributed by atoms with Crippen molar-refractivity contribution >= 4 is 18.7 Å². The molecule has 2 heteroatoms. The molecule has 1 aliphatic rings. The van der Waals surface area contributed by atoms with Gasteiger partial charge in [-0.05, 0) is 52.1 Å². The van der Waals surface area contributed by atoms with Crippen LogP contribution in [0, 0.1) is 5.41 Å². The third kappa shape index (κ3) is 4.31. The fraction of sp³-hybridized carbons (Fsp3) is 0.357. The second-order valence-corrected chi connectivity index (χ2v) is 14.2. The lowest BCUT2D eigenvalue weighted by Gasteiger charge is -2.44. The van der Waals surface area contributed by atoms with Crippen molar-refractivity contribution < 1.29 is 4.43 Å². The fourth-order valence-electron chi connectivity index (χ4n) is 4.72. The zero-order valence-electron chi connectivity index (χ0n) is 18.6. The lowest BCUT2D eigenvalue weighted by molar-refractivity contribution is 0.212. The van der Waals surface area contributed by atoms with E-state index in [9.17, 15) is 0 Å². The molecule has 0 saturated heterocycles. The average Bonchev–Trinajstić information content (AvgIpc) is 3.54. The van der Waals surface area contributed by atoms with Crippen LogP contribution in [0.2, 0.25) is 5.04 Å². The first-order valence-corrected chi connectivity index (χ1v) is 13.2. The molecule has 3 aromatic rings. The summed E-state index contributed by atoms with van der Waals surface area (Å²) in [5.41, 5.74) is 1.79. The molecule has 0 amide bonds. The zero-order valence-corrected chi connectivity index (χ0v) is 19.6. The van der Waals surface area contributed by atoms with Gasteiger partial charge in [-0.1, -0.05) is 112 Å². The number of rotatable bonds is 8. The van der Waals surface area contributed by atoms with Crippen molar-refractivity contribution in [2.24, 2.45) is 5.41 Å². The molecule has 0 aromatic heterocycles. The van der Waals surface area contributed by atoms with Crippen LogP contribution in [-0.2, 0) is 10.8 Å². The molecule has 0 spiro atoms. The van der Waals surface area contributed by atoms with Crippen molar-refractivity contribution in [2.75, 3.05) is 6.61 Å². The van der Waals surface area contributed by atoms with Crippen molar-refractivity contribution in [1.29, 1.82) is 0 Å². The quantitative estimate of drug-likeness (QED) is 0.412. The van der Waals surface area contributed by atoms with Crippen molar-refractivity contribution in [1.82, 2.24) is 0 Å². The van der Waals surface area contributed by atoms with Crippen LogP contribution in [0.3, 0.4) is 0 Å². The third-order valence-corrected chi connectivity index (χ3v) is 11.7. The summed E-state index contributed by atoms with van der Waals surface area (Å²) < 4.78 is 7.22. The topological polar surface area (TPSA) is 9.23 Å². The van der Waals surface area contributed by atoms with Gasteiger partial charge in [-0.15, -0.1) is 0 Å². The van der Waals surface area contributed by atoms with Gasteiger partial charge in [0.2, 0.25) is 0 Å². The van der Waals surface area contributed by atoms with Gasteiger partial charge in [0.1, 0.15) is 0 Å². The minimum Gasteiger partial charge on any atom is -0.407 e. The summed E-state index contributed by atoms with van der Waals surface area (Å²) >= 11 is 0. The van der Waals surface area contributed by atoms with Crippen molar-refractivity contribution in [2.45, 2.75) is 51.5 Å². The van der Waals surface area contributed by atoms with Crippen LogP contribution in [0.5, 0.6) is 0 Å². The SMILES string of the molecule is CC(C)(C)[Si](OCC1(CCc2ccccc2)CC1)(c1ccccc1)c1ccccc1. The minimum atomic E-state index is -2.43. The van der Waals surface area contributed by atoms with Gasteiger partial charge in [0.25, 0.3) is 8.32 Å². The first kappa shape index (κ1) is 21.1. The molecule has 0 bridgehead atoms. The van der Waals surface area contributed by atoms with E-state index in [0.29, 0.717) is 5.41 Å². The summed E-state index contributed by atoms with van der Waals surface area (Å²) in [5.74, 6) is 0. The van der Waals surface area contributed by atoms with E-state index >= 15 is 0 Å². The maximum absolute atomic E-state index is 7.22. The predicted molar refractivity (Wildman–Crippen MR) is 130 cm³/mol. The number of benzene rings is 3. The van der Waals surface area contributed by atoms with E-state index in [1.165, 1.54) is 35.2 Å². The molecule has 156 valence electrons. The van der Waals surface area contributed by atoms with Gasteiger partial charge in [-0.2, -0.15) is 0 Å². The van der Waals surface area contributed by atoms with Gasteiger partial charge in [0, 0.05) is 6.61 Å². The van der Waals surface area contributed by atoms with Gasteiger partial charge < -0.3 is 4.43 Å². The van der Waals surface area contributed by atoms with Crippen LogP contribution in [0.1, 0.15) is 45.6 Å². The van der Waals surface area contributed by atoms with E-state index < -0.39 is 8.32 Å². The monoisotopic (exact) mass is 414 g/mol. The summed E-state index contributed by atoms with van der Waals surface area (Å²) in [4.78, 5) is 0. The molecule has 3 aromatic carbocycles. The van der Waals surface area contributed by atoms with Crippen LogP contribution in [-0.4, -0.2) is 14.9 Å². The Morgan fingerprint density at radius 1 is 0.733 bits per heavy atom.